The first-order chi connectivity index (χ1) is 10.5. The lowest BCUT2D eigenvalue weighted by Gasteiger charge is -2.13. The number of benzene rings is 1. The molecule has 0 radical (unpaired) electrons. The molecule has 2 rings (SSSR count). The monoisotopic (exact) mass is 315 g/mol. The van der Waals surface area contributed by atoms with E-state index in [1.165, 1.54) is 25.0 Å². The van der Waals surface area contributed by atoms with Gasteiger partial charge in [-0.05, 0) is 31.7 Å². The summed E-state index contributed by atoms with van der Waals surface area (Å²) < 4.78 is 41.1. The fraction of sp³-hybridized carbons (Fsp3) is 0.533. The highest BCUT2D eigenvalue weighted by Crippen LogP contribution is 2.28. The molecule has 0 spiro atoms. The van der Waals surface area contributed by atoms with Gasteiger partial charge in [0.05, 0.1) is 6.54 Å². The quantitative estimate of drug-likeness (QED) is 0.626. The molecule has 1 saturated carbocycles. The van der Waals surface area contributed by atoms with Gasteiger partial charge in [0.2, 0.25) is 0 Å². The first kappa shape index (κ1) is 16.5. The van der Waals surface area contributed by atoms with E-state index in [-0.39, 0.29) is 12.3 Å². The standard InChI is InChI=1S/C15H20F3N3O/c1-2-19-14(20-9-11-7-8-11)21-10-12-5-3-4-6-13(12)22-15(16,17)18/h3-6,11H,2,7-10H2,1H3,(H2,19,20,21). The molecule has 0 bridgehead atoms. The van der Waals surface area contributed by atoms with Crippen molar-refractivity contribution in [1.82, 2.24) is 10.6 Å². The molecule has 0 aromatic heterocycles. The molecule has 22 heavy (non-hydrogen) atoms. The predicted octanol–water partition coefficient (Wildman–Crippen LogP) is 3.05. The molecule has 1 aliphatic rings. The Morgan fingerprint density at radius 2 is 2.00 bits per heavy atom. The van der Waals surface area contributed by atoms with E-state index in [9.17, 15) is 13.2 Å². The third-order valence-corrected chi connectivity index (χ3v) is 3.21. The number of nitrogens with one attached hydrogen (secondary N) is 2. The largest absolute Gasteiger partial charge is 0.573 e. The van der Waals surface area contributed by atoms with Gasteiger partial charge in [0.1, 0.15) is 5.75 Å². The molecule has 122 valence electrons. The van der Waals surface area contributed by atoms with Crippen LogP contribution in [0.5, 0.6) is 5.75 Å². The number of rotatable bonds is 6. The predicted molar refractivity (Wildman–Crippen MR) is 78.7 cm³/mol. The SMILES string of the molecule is CCNC(=NCc1ccccc1OC(F)(F)F)NCC1CC1. The van der Waals surface area contributed by atoms with E-state index in [0.717, 1.165) is 6.54 Å². The van der Waals surface area contributed by atoms with Crippen molar-refractivity contribution in [2.75, 3.05) is 13.1 Å². The number of ether oxygens (including phenoxy) is 1. The molecule has 0 unspecified atom stereocenters. The van der Waals surface area contributed by atoms with Crippen molar-refractivity contribution in [2.45, 2.75) is 32.7 Å². The van der Waals surface area contributed by atoms with Gasteiger partial charge in [0.25, 0.3) is 0 Å². The number of hydrogen-bond donors (Lipinski definition) is 2. The van der Waals surface area contributed by atoms with Crippen LogP contribution in [0.3, 0.4) is 0 Å². The van der Waals surface area contributed by atoms with Gasteiger partial charge in [-0.15, -0.1) is 13.2 Å². The lowest BCUT2D eigenvalue weighted by molar-refractivity contribution is -0.274. The molecule has 2 N–H and O–H groups in total. The van der Waals surface area contributed by atoms with Crippen molar-refractivity contribution in [1.29, 1.82) is 0 Å². The van der Waals surface area contributed by atoms with Crippen LogP contribution in [-0.2, 0) is 6.54 Å². The van der Waals surface area contributed by atoms with E-state index in [1.807, 2.05) is 6.92 Å². The molecule has 7 heteroatoms. The molecular weight excluding hydrogens is 295 g/mol. The van der Waals surface area contributed by atoms with Crippen molar-refractivity contribution < 1.29 is 17.9 Å². The van der Waals surface area contributed by atoms with Crippen LogP contribution in [0.15, 0.2) is 29.3 Å². The van der Waals surface area contributed by atoms with Crippen LogP contribution in [0, 0.1) is 5.92 Å². The first-order valence-corrected chi connectivity index (χ1v) is 7.33. The van der Waals surface area contributed by atoms with Crippen molar-refractivity contribution in [3.63, 3.8) is 0 Å². The molecule has 1 aliphatic carbocycles. The zero-order valence-electron chi connectivity index (χ0n) is 12.4. The van der Waals surface area contributed by atoms with Gasteiger partial charge in [-0.25, -0.2) is 4.99 Å². The Labute approximate surface area is 127 Å². The second-order valence-electron chi connectivity index (χ2n) is 5.17. The van der Waals surface area contributed by atoms with Gasteiger partial charge in [-0.3, -0.25) is 0 Å². The molecule has 1 aromatic carbocycles. The van der Waals surface area contributed by atoms with Crippen LogP contribution in [-0.4, -0.2) is 25.4 Å². The summed E-state index contributed by atoms with van der Waals surface area (Å²) >= 11 is 0. The zero-order valence-corrected chi connectivity index (χ0v) is 12.4. The average Bonchev–Trinajstić information content (AvgIpc) is 3.26. The van der Waals surface area contributed by atoms with Crippen LogP contribution in [0.2, 0.25) is 0 Å². The summed E-state index contributed by atoms with van der Waals surface area (Å²) in [6, 6.07) is 6.04. The van der Waals surface area contributed by atoms with E-state index >= 15 is 0 Å². The summed E-state index contributed by atoms with van der Waals surface area (Å²) in [7, 11) is 0. The summed E-state index contributed by atoms with van der Waals surface area (Å²) in [5, 5.41) is 6.28. The van der Waals surface area contributed by atoms with E-state index in [2.05, 4.69) is 20.4 Å². The minimum Gasteiger partial charge on any atom is -0.405 e. The van der Waals surface area contributed by atoms with Gasteiger partial charge in [-0.2, -0.15) is 0 Å². The van der Waals surface area contributed by atoms with Crippen LogP contribution in [0.4, 0.5) is 13.2 Å². The number of para-hydroxylation sites is 1. The Kier molecular flexibility index (Phi) is 5.51. The molecule has 0 saturated heterocycles. The molecule has 0 amide bonds. The van der Waals surface area contributed by atoms with Crippen molar-refractivity contribution >= 4 is 5.96 Å². The Morgan fingerprint density at radius 1 is 1.27 bits per heavy atom. The third kappa shape index (κ3) is 5.83. The van der Waals surface area contributed by atoms with E-state index in [1.54, 1.807) is 12.1 Å². The lowest BCUT2D eigenvalue weighted by Crippen LogP contribution is -2.38. The number of hydrogen-bond acceptors (Lipinski definition) is 2. The Morgan fingerprint density at radius 3 is 2.64 bits per heavy atom. The molecule has 1 fully saturated rings. The lowest BCUT2D eigenvalue weighted by atomic mass is 10.2. The topological polar surface area (TPSA) is 45.7 Å². The summed E-state index contributed by atoms with van der Waals surface area (Å²) in [6.07, 6.45) is -2.27. The fourth-order valence-electron chi connectivity index (χ4n) is 1.93. The maximum atomic E-state index is 12.4. The van der Waals surface area contributed by atoms with Gasteiger partial charge in [0.15, 0.2) is 5.96 Å². The zero-order chi connectivity index (χ0) is 16.0. The van der Waals surface area contributed by atoms with Gasteiger partial charge >= 0.3 is 6.36 Å². The minimum atomic E-state index is -4.70. The highest BCUT2D eigenvalue weighted by atomic mass is 19.4. The number of nitrogens with zero attached hydrogens (tertiary/aromatic N) is 1. The minimum absolute atomic E-state index is 0.117. The highest BCUT2D eigenvalue weighted by Gasteiger charge is 2.31. The third-order valence-electron chi connectivity index (χ3n) is 3.21. The molecule has 1 aromatic rings. The average molecular weight is 315 g/mol. The summed E-state index contributed by atoms with van der Waals surface area (Å²) in [6.45, 7) is 3.59. The normalized spacial score (nSPS) is 15.5. The molecule has 0 aliphatic heterocycles. The fourth-order valence-corrected chi connectivity index (χ4v) is 1.93. The van der Waals surface area contributed by atoms with Crippen LogP contribution in [0.1, 0.15) is 25.3 Å². The second kappa shape index (κ2) is 7.38. The Hall–Kier alpha value is -1.92. The van der Waals surface area contributed by atoms with Crippen molar-refractivity contribution in [2.24, 2.45) is 10.9 Å². The van der Waals surface area contributed by atoms with E-state index < -0.39 is 6.36 Å². The number of guanidine groups is 1. The van der Waals surface area contributed by atoms with Crippen molar-refractivity contribution in [3.8, 4) is 5.75 Å². The van der Waals surface area contributed by atoms with Crippen molar-refractivity contribution in [3.05, 3.63) is 29.8 Å². The van der Waals surface area contributed by atoms with Gasteiger partial charge in [-0.1, -0.05) is 18.2 Å². The number of aliphatic imine (C=N–C) groups is 1. The Balaban J connectivity index is 2.01. The summed E-state index contributed by atoms with van der Waals surface area (Å²) in [5.41, 5.74) is 0.392. The number of halogens is 3. The van der Waals surface area contributed by atoms with Crippen LogP contribution >= 0.6 is 0 Å². The first-order valence-electron chi connectivity index (χ1n) is 7.33. The van der Waals surface area contributed by atoms with Crippen LogP contribution in [0.25, 0.3) is 0 Å². The number of alkyl halides is 3. The maximum absolute atomic E-state index is 12.4. The summed E-state index contributed by atoms with van der Waals surface area (Å²) in [4.78, 5) is 4.32. The molecule has 0 atom stereocenters. The van der Waals surface area contributed by atoms with Gasteiger partial charge < -0.3 is 15.4 Å². The summed E-state index contributed by atoms with van der Waals surface area (Å²) in [5.74, 6) is 1.08. The smallest absolute Gasteiger partial charge is 0.405 e. The van der Waals surface area contributed by atoms with E-state index in [0.29, 0.717) is 24.0 Å². The highest BCUT2D eigenvalue weighted by molar-refractivity contribution is 5.79. The molecular formula is C15H20F3N3O. The molecule has 4 nitrogen and oxygen atoms in total. The molecule has 0 heterocycles. The Bertz CT molecular complexity index is 513. The van der Waals surface area contributed by atoms with E-state index in [4.69, 9.17) is 0 Å². The second-order valence-corrected chi connectivity index (χ2v) is 5.17. The van der Waals surface area contributed by atoms with Crippen LogP contribution < -0.4 is 15.4 Å². The maximum Gasteiger partial charge on any atom is 0.573 e. The van der Waals surface area contributed by atoms with Gasteiger partial charge in [0, 0.05) is 18.7 Å².